The van der Waals surface area contributed by atoms with Gasteiger partial charge in [0.15, 0.2) is 0 Å². The Morgan fingerprint density at radius 2 is 2.25 bits per heavy atom. The second-order valence-corrected chi connectivity index (χ2v) is 2.96. The summed E-state index contributed by atoms with van der Waals surface area (Å²) in [5, 5.41) is 8.55. The Kier molecular flexibility index (Phi) is 3.60. The highest BCUT2D eigenvalue weighted by atomic mass is 19.3. The average molecular weight is 233 g/mol. The summed E-state index contributed by atoms with van der Waals surface area (Å²) in [7, 11) is 1.10. The smallest absolute Gasteiger partial charge is 0.308 e. The van der Waals surface area contributed by atoms with Gasteiger partial charge in [-0.3, -0.25) is 9.59 Å². The lowest BCUT2D eigenvalue weighted by molar-refractivity contribution is -0.136. The van der Waals surface area contributed by atoms with E-state index in [0.29, 0.717) is 0 Å². The Balaban J connectivity index is 3.36. The number of aromatic amines is 1. The molecular formula is C9H9F2NO4. The summed E-state index contributed by atoms with van der Waals surface area (Å²) in [6.45, 7) is 0. The number of hydrogen-bond donors (Lipinski definition) is 2. The van der Waals surface area contributed by atoms with E-state index in [1.807, 2.05) is 0 Å². The molecule has 0 saturated carbocycles. The lowest BCUT2D eigenvalue weighted by Gasteiger charge is -2.10. The molecule has 0 saturated heterocycles. The van der Waals surface area contributed by atoms with Crippen LogP contribution in [0.1, 0.15) is 17.6 Å². The predicted octanol–water partition coefficient (Wildman–Crippen LogP) is 0.948. The molecule has 0 bridgehead atoms. The van der Waals surface area contributed by atoms with Crippen molar-refractivity contribution in [3.63, 3.8) is 0 Å². The minimum atomic E-state index is -3.02. The maximum atomic E-state index is 12.5. The Morgan fingerprint density at radius 3 is 2.69 bits per heavy atom. The molecule has 0 amide bonds. The molecule has 1 aromatic heterocycles. The lowest BCUT2D eigenvalue weighted by atomic mass is 10.1. The first-order valence-electron chi connectivity index (χ1n) is 4.25. The van der Waals surface area contributed by atoms with E-state index in [1.165, 1.54) is 0 Å². The minimum Gasteiger partial charge on any atom is -0.496 e. The third-order valence-electron chi connectivity index (χ3n) is 1.92. The zero-order chi connectivity index (χ0) is 12.3. The molecule has 0 unspecified atom stereocenters. The van der Waals surface area contributed by atoms with Gasteiger partial charge in [-0.05, 0) is 0 Å². The molecule has 2 N–H and O–H groups in total. The third kappa shape index (κ3) is 2.36. The summed E-state index contributed by atoms with van der Waals surface area (Å²) in [5.74, 6) is -1.58. The molecule has 0 aromatic carbocycles. The number of halogens is 2. The van der Waals surface area contributed by atoms with Gasteiger partial charge in [0.2, 0.25) is 0 Å². The van der Waals surface area contributed by atoms with Gasteiger partial charge in [0, 0.05) is 11.8 Å². The van der Waals surface area contributed by atoms with Crippen LogP contribution in [-0.4, -0.2) is 23.2 Å². The van der Waals surface area contributed by atoms with Crippen molar-refractivity contribution in [2.24, 2.45) is 0 Å². The van der Waals surface area contributed by atoms with Gasteiger partial charge in [-0.15, -0.1) is 0 Å². The molecule has 0 aliphatic heterocycles. The molecule has 1 aromatic rings. The number of carbonyl (C=O) groups is 1. The highest BCUT2D eigenvalue weighted by Crippen LogP contribution is 2.28. The number of methoxy groups -OCH3 is 1. The van der Waals surface area contributed by atoms with Crippen molar-refractivity contribution in [1.82, 2.24) is 4.98 Å². The Labute approximate surface area is 88.7 Å². The van der Waals surface area contributed by atoms with Crippen molar-refractivity contribution in [3.8, 4) is 5.75 Å². The number of carboxylic acid groups (broad SMARTS) is 1. The summed E-state index contributed by atoms with van der Waals surface area (Å²) in [5.41, 5.74) is -1.83. The van der Waals surface area contributed by atoms with E-state index < -0.39 is 29.9 Å². The molecule has 88 valence electrons. The average Bonchev–Trinajstić information content (AvgIpc) is 2.18. The van der Waals surface area contributed by atoms with Crippen molar-refractivity contribution in [2.45, 2.75) is 12.8 Å². The van der Waals surface area contributed by atoms with Crippen LogP contribution in [0.2, 0.25) is 0 Å². The fourth-order valence-corrected chi connectivity index (χ4v) is 1.31. The second kappa shape index (κ2) is 4.73. The van der Waals surface area contributed by atoms with E-state index in [4.69, 9.17) is 5.11 Å². The normalized spacial score (nSPS) is 10.5. The molecule has 1 rings (SSSR count). The number of pyridine rings is 1. The molecular weight excluding hydrogens is 224 g/mol. The van der Waals surface area contributed by atoms with Crippen molar-refractivity contribution in [1.29, 1.82) is 0 Å². The number of rotatable bonds is 4. The molecule has 0 aliphatic rings. The quantitative estimate of drug-likeness (QED) is 0.811. The number of hydrogen-bond acceptors (Lipinski definition) is 3. The summed E-state index contributed by atoms with van der Waals surface area (Å²) in [6.07, 6.45) is -2.46. The number of H-pyrrole nitrogens is 1. The maximum Gasteiger partial charge on any atom is 0.308 e. The molecule has 0 aliphatic carbocycles. The SMILES string of the molecule is COc1c(CC(=O)O)c[nH]c(=O)c1C(F)F. The van der Waals surface area contributed by atoms with Crippen molar-refractivity contribution < 1.29 is 23.4 Å². The van der Waals surface area contributed by atoms with Crippen LogP contribution in [0.15, 0.2) is 11.0 Å². The van der Waals surface area contributed by atoms with E-state index in [1.54, 1.807) is 0 Å². The molecule has 0 fully saturated rings. The third-order valence-corrected chi connectivity index (χ3v) is 1.92. The first-order chi connectivity index (χ1) is 7.47. The number of aromatic nitrogens is 1. The summed E-state index contributed by atoms with van der Waals surface area (Å²) >= 11 is 0. The topological polar surface area (TPSA) is 79.4 Å². The minimum absolute atomic E-state index is 0.00454. The van der Waals surface area contributed by atoms with Crippen LogP contribution >= 0.6 is 0 Å². The van der Waals surface area contributed by atoms with E-state index in [9.17, 15) is 18.4 Å². The van der Waals surface area contributed by atoms with Crippen LogP contribution in [-0.2, 0) is 11.2 Å². The van der Waals surface area contributed by atoms with Gasteiger partial charge in [0.05, 0.1) is 13.5 Å². The Bertz CT molecular complexity index is 455. The summed E-state index contributed by atoms with van der Waals surface area (Å²) < 4.78 is 29.7. The highest BCUT2D eigenvalue weighted by Gasteiger charge is 2.22. The van der Waals surface area contributed by atoms with E-state index in [2.05, 4.69) is 9.72 Å². The fraction of sp³-hybridized carbons (Fsp3) is 0.333. The monoisotopic (exact) mass is 233 g/mol. The van der Waals surface area contributed by atoms with E-state index in [-0.39, 0.29) is 11.3 Å². The van der Waals surface area contributed by atoms with Gasteiger partial charge in [-0.2, -0.15) is 0 Å². The van der Waals surface area contributed by atoms with Gasteiger partial charge in [-0.25, -0.2) is 8.78 Å². The molecule has 5 nitrogen and oxygen atoms in total. The van der Waals surface area contributed by atoms with Crippen molar-refractivity contribution in [2.75, 3.05) is 7.11 Å². The highest BCUT2D eigenvalue weighted by molar-refractivity contribution is 5.71. The van der Waals surface area contributed by atoms with Crippen LogP contribution < -0.4 is 10.3 Å². The standard InChI is InChI=1S/C9H9F2NO4/c1-16-7-4(2-5(13)14)3-12-9(15)6(7)8(10)11/h3,8H,2H2,1H3,(H,12,15)(H,13,14). The Morgan fingerprint density at radius 1 is 1.62 bits per heavy atom. The van der Waals surface area contributed by atoms with Crippen molar-refractivity contribution in [3.05, 3.63) is 27.7 Å². The van der Waals surface area contributed by atoms with Gasteiger partial charge in [-0.1, -0.05) is 0 Å². The number of aliphatic carboxylic acids is 1. The van der Waals surface area contributed by atoms with Gasteiger partial charge < -0.3 is 14.8 Å². The second-order valence-electron chi connectivity index (χ2n) is 2.96. The number of carboxylic acids is 1. The van der Waals surface area contributed by atoms with E-state index >= 15 is 0 Å². The zero-order valence-corrected chi connectivity index (χ0v) is 8.29. The number of nitrogens with one attached hydrogen (secondary N) is 1. The Hall–Kier alpha value is -1.92. The zero-order valence-electron chi connectivity index (χ0n) is 8.29. The predicted molar refractivity (Wildman–Crippen MR) is 49.9 cm³/mol. The molecule has 16 heavy (non-hydrogen) atoms. The summed E-state index contributed by atoms with van der Waals surface area (Å²) in [6, 6.07) is 0. The number of alkyl halides is 2. The van der Waals surface area contributed by atoms with Crippen LogP contribution in [0.25, 0.3) is 0 Å². The molecule has 0 spiro atoms. The summed E-state index contributed by atoms with van der Waals surface area (Å²) in [4.78, 5) is 23.6. The fourth-order valence-electron chi connectivity index (χ4n) is 1.31. The first-order valence-corrected chi connectivity index (χ1v) is 4.25. The first kappa shape index (κ1) is 12.2. The lowest BCUT2D eigenvalue weighted by Crippen LogP contribution is -2.17. The molecule has 0 radical (unpaired) electrons. The molecule has 1 heterocycles. The van der Waals surface area contributed by atoms with Crippen LogP contribution in [0.4, 0.5) is 8.78 Å². The number of ether oxygens (including phenoxy) is 1. The largest absolute Gasteiger partial charge is 0.496 e. The molecule has 0 atom stereocenters. The maximum absolute atomic E-state index is 12.5. The van der Waals surface area contributed by atoms with Crippen molar-refractivity contribution >= 4 is 5.97 Å². The van der Waals surface area contributed by atoms with E-state index in [0.717, 1.165) is 13.3 Å². The molecule has 7 heteroatoms. The van der Waals surface area contributed by atoms with Crippen LogP contribution in [0.5, 0.6) is 5.75 Å². The van der Waals surface area contributed by atoms with Crippen LogP contribution in [0, 0.1) is 0 Å². The van der Waals surface area contributed by atoms with Crippen LogP contribution in [0.3, 0.4) is 0 Å². The van der Waals surface area contributed by atoms with Gasteiger partial charge in [0.1, 0.15) is 11.3 Å². The van der Waals surface area contributed by atoms with Gasteiger partial charge in [0.25, 0.3) is 12.0 Å². The van der Waals surface area contributed by atoms with Gasteiger partial charge >= 0.3 is 5.97 Å².